The van der Waals surface area contributed by atoms with Crippen LogP contribution in [0, 0.1) is 18.3 Å². The molecule has 6 heteroatoms. The van der Waals surface area contributed by atoms with E-state index in [0.717, 1.165) is 54.1 Å². The molecule has 0 radical (unpaired) electrons. The molecule has 26 heavy (non-hydrogen) atoms. The van der Waals surface area contributed by atoms with Gasteiger partial charge in [0, 0.05) is 43.6 Å². The summed E-state index contributed by atoms with van der Waals surface area (Å²) in [6, 6.07) is 12.7. The van der Waals surface area contributed by atoms with E-state index in [1.165, 1.54) is 0 Å². The molecule has 1 N–H and O–H groups in total. The first-order valence-corrected chi connectivity index (χ1v) is 9.02. The summed E-state index contributed by atoms with van der Waals surface area (Å²) >= 11 is 0. The van der Waals surface area contributed by atoms with Gasteiger partial charge in [-0.1, -0.05) is 6.07 Å². The van der Waals surface area contributed by atoms with Crippen molar-refractivity contribution in [2.75, 3.05) is 18.0 Å². The number of pyridine rings is 1. The molecule has 0 bridgehead atoms. The molecule has 4 heterocycles. The fourth-order valence-corrected chi connectivity index (χ4v) is 3.61. The third-order valence-corrected chi connectivity index (χ3v) is 4.98. The number of piperidine rings is 1. The number of fused-ring (bicyclic) bond motifs is 1. The van der Waals surface area contributed by atoms with Crippen molar-refractivity contribution in [2.24, 2.45) is 0 Å². The number of anilines is 1. The lowest BCUT2D eigenvalue weighted by molar-refractivity contribution is 0.419. The van der Waals surface area contributed by atoms with Crippen molar-refractivity contribution in [1.29, 1.82) is 5.26 Å². The van der Waals surface area contributed by atoms with E-state index in [2.05, 4.69) is 26.5 Å². The van der Waals surface area contributed by atoms with Crippen molar-refractivity contribution in [2.45, 2.75) is 32.4 Å². The molecule has 4 rings (SSSR count). The Hall–Kier alpha value is -2.91. The Kier molecular flexibility index (Phi) is 4.55. The third kappa shape index (κ3) is 3.26. The fraction of sp³-hybridized carbons (Fsp3) is 0.350. The number of hydrogen-bond donors (Lipinski definition) is 1. The van der Waals surface area contributed by atoms with E-state index in [-0.39, 0.29) is 0 Å². The van der Waals surface area contributed by atoms with Crippen molar-refractivity contribution in [3.05, 3.63) is 59.5 Å². The van der Waals surface area contributed by atoms with Crippen molar-refractivity contribution in [1.82, 2.24) is 19.9 Å². The van der Waals surface area contributed by atoms with Crippen LogP contribution < -0.4 is 10.2 Å². The Morgan fingerprint density at radius 2 is 2.19 bits per heavy atom. The second-order valence-electron chi connectivity index (χ2n) is 6.83. The molecule has 0 spiro atoms. The molecule has 3 aromatic rings. The highest BCUT2D eigenvalue weighted by Gasteiger charge is 2.21. The maximum atomic E-state index is 9.54. The topological polar surface area (TPSA) is 69.2 Å². The van der Waals surface area contributed by atoms with Crippen molar-refractivity contribution >= 4 is 11.3 Å². The number of hydrogen-bond acceptors (Lipinski definition) is 5. The van der Waals surface area contributed by atoms with Gasteiger partial charge in [-0.25, -0.2) is 0 Å². The first-order chi connectivity index (χ1) is 12.7. The summed E-state index contributed by atoms with van der Waals surface area (Å²) in [6.07, 6.45) is 6.28. The fourth-order valence-electron chi connectivity index (χ4n) is 3.61. The summed E-state index contributed by atoms with van der Waals surface area (Å²) < 4.78 is 2.02. The maximum Gasteiger partial charge on any atom is 0.151 e. The van der Waals surface area contributed by atoms with Crippen LogP contribution in [0.2, 0.25) is 0 Å². The first kappa shape index (κ1) is 16.6. The molecule has 6 nitrogen and oxygen atoms in total. The summed E-state index contributed by atoms with van der Waals surface area (Å²) in [5.41, 5.74) is 3.71. The second kappa shape index (κ2) is 7.14. The molecular weight excluding hydrogens is 324 g/mol. The molecular formula is C20H22N6. The Morgan fingerprint density at radius 1 is 1.27 bits per heavy atom. The average molecular weight is 346 g/mol. The molecule has 1 fully saturated rings. The molecule has 3 aromatic heterocycles. The van der Waals surface area contributed by atoms with Crippen LogP contribution in [0.5, 0.6) is 0 Å². The van der Waals surface area contributed by atoms with Gasteiger partial charge < -0.3 is 14.6 Å². The maximum absolute atomic E-state index is 9.54. The van der Waals surface area contributed by atoms with Crippen LogP contribution in [0.4, 0.5) is 5.82 Å². The molecule has 132 valence electrons. The van der Waals surface area contributed by atoms with Crippen LogP contribution in [0.15, 0.2) is 42.7 Å². The molecule has 1 saturated heterocycles. The van der Waals surface area contributed by atoms with Gasteiger partial charge in [0.2, 0.25) is 0 Å². The Bertz CT molecular complexity index is 937. The number of aryl methyl sites for hydroxylation is 1. The number of nitrogens with zero attached hydrogens (tertiary/aromatic N) is 5. The molecule has 1 unspecified atom stereocenters. The predicted octanol–water partition coefficient (Wildman–Crippen LogP) is 2.67. The van der Waals surface area contributed by atoms with Crippen molar-refractivity contribution in [3.63, 3.8) is 0 Å². The lowest BCUT2D eigenvalue weighted by Crippen LogP contribution is -2.45. The van der Waals surface area contributed by atoms with E-state index in [1.807, 2.05) is 54.0 Å². The van der Waals surface area contributed by atoms with Gasteiger partial charge in [-0.2, -0.15) is 10.4 Å². The first-order valence-electron chi connectivity index (χ1n) is 9.02. The highest BCUT2D eigenvalue weighted by atomic mass is 15.3. The van der Waals surface area contributed by atoms with Gasteiger partial charge in [-0.05, 0) is 44.0 Å². The lowest BCUT2D eigenvalue weighted by Gasteiger charge is -2.33. The minimum atomic E-state index is 0.376. The van der Waals surface area contributed by atoms with Crippen LogP contribution >= 0.6 is 0 Å². The van der Waals surface area contributed by atoms with Crippen LogP contribution in [0.1, 0.15) is 29.7 Å². The Balaban J connectivity index is 1.45. The zero-order valence-corrected chi connectivity index (χ0v) is 14.9. The minimum absolute atomic E-state index is 0.376. The summed E-state index contributed by atoms with van der Waals surface area (Å²) in [5, 5.41) is 21.7. The predicted molar refractivity (Wildman–Crippen MR) is 101 cm³/mol. The molecule has 1 aliphatic heterocycles. The van der Waals surface area contributed by atoms with Crippen molar-refractivity contribution < 1.29 is 0 Å². The summed E-state index contributed by atoms with van der Waals surface area (Å²) in [5.74, 6) is 0.939. The molecule has 1 aliphatic rings. The van der Waals surface area contributed by atoms with Gasteiger partial charge in [-0.15, -0.1) is 5.10 Å². The van der Waals surface area contributed by atoms with Crippen molar-refractivity contribution in [3.8, 4) is 6.07 Å². The van der Waals surface area contributed by atoms with Crippen LogP contribution in [-0.4, -0.2) is 33.7 Å². The average Bonchev–Trinajstić information content (AvgIpc) is 3.04. The van der Waals surface area contributed by atoms with E-state index in [4.69, 9.17) is 0 Å². The zero-order valence-electron chi connectivity index (χ0n) is 14.9. The SMILES string of the molecule is Cc1ccc(N2CCCC(NCc3cn4ccccc4c3C#N)C2)nn1. The quantitative estimate of drug-likeness (QED) is 0.786. The molecule has 1 atom stereocenters. The Labute approximate surface area is 153 Å². The highest BCUT2D eigenvalue weighted by molar-refractivity contribution is 5.65. The van der Waals surface area contributed by atoms with E-state index in [0.29, 0.717) is 12.6 Å². The Morgan fingerprint density at radius 3 is 3.00 bits per heavy atom. The summed E-state index contributed by atoms with van der Waals surface area (Å²) in [6.45, 7) is 4.57. The van der Waals surface area contributed by atoms with E-state index >= 15 is 0 Å². The van der Waals surface area contributed by atoms with E-state index < -0.39 is 0 Å². The number of aromatic nitrogens is 3. The largest absolute Gasteiger partial charge is 0.354 e. The second-order valence-corrected chi connectivity index (χ2v) is 6.83. The summed E-state index contributed by atoms with van der Waals surface area (Å²) in [7, 11) is 0. The molecule has 0 aromatic carbocycles. The number of nitrogens with one attached hydrogen (secondary N) is 1. The van der Waals surface area contributed by atoms with Gasteiger partial charge in [-0.3, -0.25) is 0 Å². The van der Waals surface area contributed by atoms with Gasteiger partial charge in [0.15, 0.2) is 5.82 Å². The third-order valence-electron chi connectivity index (χ3n) is 4.98. The standard InChI is InChI=1S/C20H22N6/c1-15-7-8-20(24-23-15)26-10-4-5-17(14-26)22-12-16-13-25-9-3-2-6-19(25)18(16)11-21/h2-3,6-9,13,17,22H,4-5,10,12,14H2,1H3. The normalized spacial score (nSPS) is 17.4. The van der Waals surface area contributed by atoms with Crippen LogP contribution in [0.25, 0.3) is 5.52 Å². The molecule has 0 saturated carbocycles. The van der Waals surface area contributed by atoms with E-state index in [9.17, 15) is 5.26 Å². The minimum Gasteiger partial charge on any atom is -0.354 e. The number of nitriles is 1. The lowest BCUT2D eigenvalue weighted by atomic mass is 10.0. The van der Waals surface area contributed by atoms with Gasteiger partial charge in [0.05, 0.1) is 16.8 Å². The van der Waals surface area contributed by atoms with Crippen LogP contribution in [-0.2, 0) is 6.54 Å². The highest BCUT2D eigenvalue weighted by Crippen LogP contribution is 2.20. The number of rotatable bonds is 4. The zero-order chi connectivity index (χ0) is 17.9. The van der Waals surface area contributed by atoms with Gasteiger partial charge in [0.1, 0.15) is 6.07 Å². The van der Waals surface area contributed by atoms with Gasteiger partial charge >= 0.3 is 0 Å². The smallest absolute Gasteiger partial charge is 0.151 e. The monoisotopic (exact) mass is 346 g/mol. The van der Waals surface area contributed by atoms with E-state index in [1.54, 1.807) is 0 Å². The van der Waals surface area contributed by atoms with Gasteiger partial charge in [0.25, 0.3) is 0 Å². The summed E-state index contributed by atoms with van der Waals surface area (Å²) in [4.78, 5) is 2.29. The van der Waals surface area contributed by atoms with Crippen LogP contribution in [0.3, 0.4) is 0 Å². The molecule has 0 amide bonds. The molecule has 0 aliphatic carbocycles.